The number of carbonyl (C=O) groups excluding carboxylic acids is 1. The molecule has 1 rings (SSSR count). The van der Waals surface area contributed by atoms with Gasteiger partial charge in [0.05, 0.1) is 17.1 Å². The van der Waals surface area contributed by atoms with Crippen LogP contribution in [-0.2, 0) is 9.47 Å². The number of methoxy groups -OCH3 is 1. The maximum atomic E-state index is 11.9. The monoisotopic (exact) mass is 301 g/mol. The predicted molar refractivity (Wildman–Crippen MR) is 74.1 cm³/mol. The van der Waals surface area contributed by atoms with Crippen LogP contribution in [0.3, 0.4) is 0 Å². The van der Waals surface area contributed by atoms with Gasteiger partial charge in [0, 0.05) is 24.6 Å². The first kappa shape index (κ1) is 16.4. The number of hydrogen-bond donors (Lipinski definition) is 0. The van der Waals surface area contributed by atoms with E-state index in [0.717, 1.165) is 0 Å². The van der Waals surface area contributed by atoms with Crippen LogP contribution in [0.2, 0.25) is 5.02 Å². The molecule has 20 heavy (non-hydrogen) atoms. The molecule has 0 bridgehead atoms. The van der Waals surface area contributed by atoms with Crippen LogP contribution in [-0.4, -0.2) is 30.2 Å². The van der Waals surface area contributed by atoms with Gasteiger partial charge in [-0.25, -0.2) is 4.79 Å². The van der Waals surface area contributed by atoms with Crippen molar-refractivity contribution in [2.45, 2.75) is 25.9 Å². The molecule has 0 amide bonds. The summed E-state index contributed by atoms with van der Waals surface area (Å²) < 4.78 is 10.2. The number of nitro benzene ring substituents is 1. The molecule has 110 valence electrons. The number of ether oxygens (including phenoxy) is 2. The lowest BCUT2D eigenvalue weighted by Gasteiger charge is -2.22. The summed E-state index contributed by atoms with van der Waals surface area (Å²) in [6.45, 7) is 3.80. The van der Waals surface area contributed by atoms with Gasteiger partial charge in [0.15, 0.2) is 0 Å². The van der Waals surface area contributed by atoms with Crippen molar-refractivity contribution in [1.82, 2.24) is 0 Å². The summed E-state index contributed by atoms with van der Waals surface area (Å²) in [6.07, 6.45) is 0.476. The van der Waals surface area contributed by atoms with Gasteiger partial charge in [-0.05, 0) is 26.0 Å². The van der Waals surface area contributed by atoms with Gasteiger partial charge in [0.2, 0.25) is 0 Å². The average Bonchev–Trinajstić information content (AvgIpc) is 2.37. The first-order chi connectivity index (χ1) is 9.26. The fourth-order valence-corrected chi connectivity index (χ4v) is 1.57. The van der Waals surface area contributed by atoms with E-state index in [1.165, 1.54) is 18.2 Å². The molecule has 0 saturated heterocycles. The van der Waals surface area contributed by atoms with Crippen molar-refractivity contribution >= 4 is 23.3 Å². The molecule has 1 aromatic rings. The molecule has 0 aliphatic rings. The Balaban J connectivity index is 2.77. The Kier molecular flexibility index (Phi) is 5.47. The molecule has 1 aromatic carbocycles. The molecule has 0 aliphatic heterocycles. The highest BCUT2D eigenvalue weighted by molar-refractivity contribution is 6.31. The lowest BCUT2D eigenvalue weighted by atomic mass is 10.1. The summed E-state index contributed by atoms with van der Waals surface area (Å²) in [6, 6.07) is 3.76. The minimum atomic E-state index is -0.772. The van der Waals surface area contributed by atoms with E-state index in [1.54, 1.807) is 7.11 Å². The molecule has 0 fully saturated rings. The van der Waals surface area contributed by atoms with E-state index in [2.05, 4.69) is 0 Å². The van der Waals surface area contributed by atoms with Gasteiger partial charge in [-0.15, -0.1) is 0 Å². The van der Waals surface area contributed by atoms with E-state index in [1.807, 2.05) is 13.8 Å². The quantitative estimate of drug-likeness (QED) is 0.458. The van der Waals surface area contributed by atoms with Crippen LogP contribution < -0.4 is 0 Å². The highest BCUT2D eigenvalue weighted by atomic mass is 35.5. The van der Waals surface area contributed by atoms with Crippen molar-refractivity contribution in [1.29, 1.82) is 0 Å². The van der Waals surface area contributed by atoms with Crippen LogP contribution in [0.15, 0.2) is 18.2 Å². The standard InChI is InChI=1S/C13H16ClNO5/c1-13(2,19-3)6-7-20-12(16)10-8-9(14)4-5-11(10)15(17)18/h4-5,8H,6-7H2,1-3H3. The largest absolute Gasteiger partial charge is 0.462 e. The van der Waals surface area contributed by atoms with Crippen LogP contribution in [0.1, 0.15) is 30.6 Å². The first-order valence-corrected chi connectivity index (χ1v) is 6.31. The van der Waals surface area contributed by atoms with Crippen molar-refractivity contribution in [2.24, 2.45) is 0 Å². The van der Waals surface area contributed by atoms with E-state index in [9.17, 15) is 14.9 Å². The number of nitrogens with zero attached hydrogens (tertiary/aromatic N) is 1. The number of hydrogen-bond acceptors (Lipinski definition) is 5. The maximum Gasteiger partial charge on any atom is 0.345 e. The van der Waals surface area contributed by atoms with Crippen LogP contribution in [0, 0.1) is 10.1 Å². The Morgan fingerprint density at radius 1 is 1.45 bits per heavy atom. The Labute approximate surface area is 121 Å². The van der Waals surface area contributed by atoms with Crippen LogP contribution in [0.5, 0.6) is 0 Å². The molecular formula is C13H16ClNO5. The van der Waals surface area contributed by atoms with Crippen molar-refractivity contribution in [3.05, 3.63) is 38.9 Å². The molecule has 0 aliphatic carbocycles. The smallest absolute Gasteiger partial charge is 0.345 e. The van der Waals surface area contributed by atoms with Gasteiger partial charge in [0.1, 0.15) is 5.56 Å². The fraction of sp³-hybridized carbons (Fsp3) is 0.462. The summed E-state index contributed by atoms with van der Waals surface area (Å²) >= 11 is 5.74. The third-order valence-corrected chi connectivity index (χ3v) is 3.10. The van der Waals surface area contributed by atoms with Gasteiger partial charge in [-0.1, -0.05) is 11.6 Å². The molecule has 0 saturated carbocycles. The van der Waals surface area contributed by atoms with Crippen molar-refractivity contribution in [3.8, 4) is 0 Å². The van der Waals surface area contributed by atoms with E-state index in [4.69, 9.17) is 21.1 Å². The average molecular weight is 302 g/mol. The topological polar surface area (TPSA) is 78.7 Å². The van der Waals surface area contributed by atoms with Gasteiger partial charge < -0.3 is 9.47 Å². The summed E-state index contributed by atoms with van der Waals surface area (Å²) in [5.74, 6) is -0.772. The molecule has 6 nitrogen and oxygen atoms in total. The Bertz CT molecular complexity index is 515. The second-order valence-electron chi connectivity index (χ2n) is 4.77. The van der Waals surface area contributed by atoms with Gasteiger partial charge >= 0.3 is 5.97 Å². The molecule has 0 unspecified atom stereocenters. The van der Waals surface area contributed by atoms with E-state index >= 15 is 0 Å². The number of rotatable bonds is 6. The zero-order valence-electron chi connectivity index (χ0n) is 11.5. The zero-order valence-corrected chi connectivity index (χ0v) is 12.3. The second kappa shape index (κ2) is 6.67. The minimum Gasteiger partial charge on any atom is -0.462 e. The Morgan fingerprint density at radius 2 is 2.10 bits per heavy atom. The van der Waals surface area contributed by atoms with E-state index < -0.39 is 16.5 Å². The highest BCUT2D eigenvalue weighted by Gasteiger charge is 2.23. The van der Waals surface area contributed by atoms with E-state index in [-0.39, 0.29) is 22.9 Å². The lowest BCUT2D eigenvalue weighted by Crippen LogP contribution is -2.25. The minimum absolute atomic E-state index is 0.101. The van der Waals surface area contributed by atoms with Gasteiger partial charge in [-0.3, -0.25) is 10.1 Å². The number of carbonyl (C=O) groups is 1. The third kappa shape index (κ3) is 4.47. The van der Waals surface area contributed by atoms with Crippen LogP contribution in [0.25, 0.3) is 0 Å². The molecule has 0 atom stereocenters. The maximum absolute atomic E-state index is 11.9. The van der Waals surface area contributed by atoms with Crippen LogP contribution >= 0.6 is 11.6 Å². The van der Waals surface area contributed by atoms with Crippen molar-refractivity contribution < 1.29 is 19.2 Å². The fourth-order valence-electron chi connectivity index (χ4n) is 1.40. The molecule has 0 N–H and O–H groups in total. The molecule has 0 radical (unpaired) electrons. The summed E-state index contributed by atoms with van der Waals surface area (Å²) in [7, 11) is 1.56. The predicted octanol–water partition coefficient (Wildman–Crippen LogP) is 3.22. The second-order valence-corrected chi connectivity index (χ2v) is 5.20. The third-order valence-electron chi connectivity index (χ3n) is 2.87. The van der Waals surface area contributed by atoms with E-state index in [0.29, 0.717) is 6.42 Å². The van der Waals surface area contributed by atoms with Crippen molar-refractivity contribution in [3.63, 3.8) is 0 Å². The Hall–Kier alpha value is -1.66. The highest BCUT2D eigenvalue weighted by Crippen LogP contribution is 2.23. The molecular weight excluding hydrogens is 286 g/mol. The molecule has 0 spiro atoms. The number of halogens is 1. The normalized spacial score (nSPS) is 11.2. The zero-order chi connectivity index (χ0) is 15.3. The number of benzene rings is 1. The lowest BCUT2D eigenvalue weighted by molar-refractivity contribution is -0.385. The van der Waals surface area contributed by atoms with Gasteiger partial charge in [-0.2, -0.15) is 0 Å². The van der Waals surface area contributed by atoms with Crippen LogP contribution in [0.4, 0.5) is 5.69 Å². The SMILES string of the molecule is COC(C)(C)CCOC(=O)c1cc(Cl)ccc1[N+](=O)[O-]. The van der Waals surface area contributed by atoms with Crippen molar-refractivity contribution in [2.75, 3.05) is 13.7 Å². The molecule has 7 heteroatoms. The van der Waals surface area contributed by atoms with Gasteiger partial charge in [0.25, 0.3) is 5.69 Å². The first-order valence-electron chi connectivity index (χ1n) is 5.93. The molecule has 0 aromatic heterocycles. The summed E-state index contributed by atoms with van der Waals surface area (Å²) in [4.78, 5) is 22.1. The summed E-state index contributed by atoms with van der Waals surface area (Å²) in [5, 5.41) is 11.1. The molecule has 0 heterocycles. The summed E-state index contributed by atoms with van der Waals surface area (Å²) in [5.41, 5.74) is -0.913. The number of esters is 1. The Morgan fingerprint density at radius 3 is 2.65 bits per heavy atom. The number of nitro groups is 1.